The number of hydrogen-bond donors (Lipinski definition) is 2. The standard InChI is InChI=1S/C17H17NO6S/c1-9-5-13(19)16-10(2)12(17(21)24-14(16)6-9)7-15(20)18-11-3-4-25(22,23)8-11/h3-6,11,19H,7-8H2,1-2H3,(H,18,20). The smallest absolute Gasteiger partial charge is 0.340 e. The average molecular weight is 363 g/mol. The largest absolute Gasteiger partial charge is 0.507 e. The maximum Gasteiger partial charge on any atom is 0.340 e. The highest BCUT2D eigenvalue weighted by molar-refractivity contribution is 7.94. The molecule has 1 aromatic carbocycles. The average Bonchev–Trinajstić information content (AvgIpc) is 2.81. The number of rotatable bonds is 3. The molecule has 0 bridgehead atoms. The number of phenolic OH excluding ortho intramolecular Hbond substituents is 1. The van der Waals surface area contributed by atoms with Crippen molar-refractivity contribution in [2.24, 2.45) is 0 Å². The van der Waals surface area contributed by atoms with E-state index in [4.69, 9.17) is 4.42 Å². The number of aryl methyl sites for hydroxylation is 2. The first kappa shape index (κ1) is 17.2. The van der Waals surface area contributed by atoms with E-state index in [2.05, 4.69) is 5.32 Å². The van der Waals surface area contributed by atoms with Gasteiger partial charge in [0.15, 0.2) is 9.84 Å². The Morgan fingerprint density at radius 2 is 2.08 bits per heavy atom. The Hall–Kier alpha value is -2.61. The summed E-state index contributed by atoms with van der Waals surface area (Å²) in [7, 11) is -3.28. The van der Waals surface area contributed by atoms with Crippen molar-refractivity contribution < 1.29 is 22.7 Å². The molecule has 1 aliphatic rings. The van der Waals surface area contributed by atoms with Crippen LogP contribution in [0.3, 0.4) is 0 Å². The van der Waals surface area contributed by atoms with Crippen LogP contribution in [0, 0.1) is 13.8 Å². The van der Waals surface area contributed by atoms with Gasteiger partial charge in [-0.3, -0.25) is 4.79 Å². The lowest BCUT2D eigenvalue weighted by Crippen LogP contribution is -2.37. The van der Waals surface area contributed by atoms with E-state index in [0.29, 0.717) is 10.9 Å². The Morgan fingerprint density at radius 1 is 1.36 bits per heavy atom. The minimum atomic E-state index is -3.28. The molecule has 132 valence electrons. The van der Waals surface area contributed by atoms with Crippen LogP contribution in [0.2, 0.25) is 0 Å². The fourth-order valence-electron chi connectivity index (χ4n) is 2.95. The van der Waals surface area contributed by atoms with Crippen molar-refractivity contribution in [2.75, 3.05) is 5.75 Å². The monoisotopic (exact) mass is 363 g/mol. The fourth-order valence-corrected chi connectivity index (χ4v) is 4.18. The van der Waals surface area contributed by atoms with Crippen LogP contribution >= 0.6 is 0 Å². The van der Waals surface area contributed by atoms with Crippen molar-refractivity contribution in [2.45, 2.75) is 26.3 Å². The van der Waals surface area contributed by atoms with Gasteiger partial charge in [-0.25, -0.2) is 13.2 Å². The fraction of sp³-hybridized carbons (Fsp3) is 0.294. The number of amides is 1. The van der Waals surface area contributed by atoms with Crippen LogP contribution < -0.4 is 10.9 Å². The molecule has 0 saturated heterocycles. The van der Waals surface area contributed by atoms with Gasteiger partial charge in [-0.15, -0.1) is 0 Å². The molecule has 8 heteroatoms. The third-order valence-electron chi connectivity index (χ3n) is 4.12. The lowest BCUT2D eigenvalue weighted by atomic mass is 10.0. The molecule has 0 saturated carbocycles. The molecule has 2 N–H and O–H groups in total. The van der Waals surface area contributed by atoms with E-state index in [9.17, 15) is 23.1 Å². The zero-order valence-corrected chi connectivity index (χ0v) is 14.5. The molecule has 2 heterocycles. The van der Waals surface area contributed by atoms with Gasteiger partial charge < -0.3 is 14.8 Å². The summed E-state index contributed by atoms with van der Waals surface area (Å²) < 4.78 is 28.0. The zero-order valence-electron chi connectivity index (χ0n) is 13.7. The summed E-state index contributed by atoms with van der Waals surface area (Å²) >= 11 is 0. The third-order valence-corrected chi connectivity index (χ3v) is 5.51. The van der Waals surface area contributed by atoms with E-state index in [0.717, 1.165) is 11.0 Å². The zero-order chi connectivity index (χ0) is 18.4. The number of benzene rings is 1. The van der Waals surface area contributed by atoms with Gasteiger partial charge in [0.05, 0.1) is 29.2 Å². The van der Waals surface area contributed by atoms with Crippen LogP contribution in [0.5, 0.6) is 5.75 Å². The summed E-state index contributed by atoms with van der Waals surface area (Å²) in [5, 5.41) is 14.1. The van der Waals surface area contributed by atoms with E-state index in [1.165, 1.54) is 6.08 Å². The Balaban J connectivity index is 1.90. The molecule has 25 heavy (non-hydrogen) atoms. The van der Waals surface area contributed by atoms with Crippen molar-refractivity contribution in [3.63, 3.8) is 0 Å². The minimum absolute atomic E-state index is 0.0253. The number of hydrogen-bond acceptors (Lipinski definition) is 6. The molecule has 1 aromatic heterocycles. The van der Waals surface area contributed by atoms with Crippen molar-refractivity contribution >= 4 is 26.7 Å². The Morgan fingerprint density at radius 3 is 2.72 bits per heavy atom. The molecular formula is C17H17NO6S. The van der Waals surface area contributed by atoms with Gasteiger partial charge in [-0.1, -0.05) is 0 Å². The van der Waals surface area contributed by atoms with Crippen LogP contribution in [0.4, 0.5) is 0 Å². The molecule has 0 radical (unpaired) electrons. The number of sulfone groups is 1. The van der Waals surface area contributed by atoms with Crippen molar-refractivity contribution in [1.29, 1.82) is 0 Å². The van der Waals surface area contributed by atoms with Crippen LogP contribution in [-0.2, 0) is 21.1 Å². The summed E-state index contributed by atoms with van der Waals surface area (Å²) in [4.78, 5) is 24.4. The van der Waals surface area contributed by atoms with Crippen LogP contribution in [0.1, 0.15) is 16.7 Å². The number of aromatic hydroxyl groups is 1. The highest BCUT2D eigenvalue weighted by Crippen LogP contribution is 2.29. The van der Waals surface area contributed by atoms with E-state index in [1.54, 1.807) is 26.0 Å². The van der Waals surface area contributed by atoms with Gasteiger partial charge in [0.25, 0.3) is 0 Å². The van der Waals surface area contributed by atoms with E-state index < -0.39 is 27.4 Å². The summed E-state index contributed by atoms with van der Waals surface area (Å²) in [5.74, 6) is -0.708. The lowest BCUT2D eigenvalue weighted by molar-refractivity contribution is -0.120. The molecule has 0 aliphatic carbocycles. The molecule has 2 aromatic rings. The predicted octanol–water partition coefficient (Wildman–Crippen LogP) is 1.08. The molecular weight excluding hydrogens is 346 g/mol. The van der Waals surface area contributed by atoms with Crippen molar-refractivity contribution in [3.05, 3.63) is 50.7 Å². The van der Waals surface area contributed by atoms with Gasteiger partial charge in [0.1, 0.15) is 11.3 Å². The summed E-state index contributed by atoms with van der Waals surface area (Å²) in [6, 6.07) is 2.58. The molecule has 3 rings (SSSR count). The Labute approximate surface area is 143 Å². The Kier molecular flexibility index (Phi) is 4.16. The maximum atomic E-state index is 12.2. The molecule has 7 nitrogen and oxygen atoms in total. The number of nitrogens with one attached hydrogen (secondary N) is 1. The summed E-state index contributed by atoms with van der Waals surface area (Å²) in [6.45, 7) is 3.40. The summed E-state index contributed by atoms with van der Waals surface area (Å²) in [5.41, 5.74) is 0.948. The van der Waals surface area contributed by atoms with Gasteiger partial charge in [-0.05, 0) is 43.2 Å². The first-order valence-electron chi connectivity index (χ1n) is 7.62. The van der Waals surface area contributed by atoms with Gasteiger partial charge in [0, 0.05) is 5.41 Å². The quantitative estimate of drug-likeness (QED) is 0.789. The number of carbonyl (C=O) groups is 1. The molecule has 1 atom stereocenters. The molecule has 1 amide bonds. The predicted molar refractivity (Wildman–Crippen MR) is 92.2 cm³/mol. The highest BCUT2D eigenvalue weighted by Gasteiger charge is 2.24. The van der Waals surface area contributed by atoms with E-state index in [-0.39, 0.29) is 29.1 Å². The minimum Gasteiger partial charge on any atom is -0.507 e. The van der Waals surface area contributed by atoms with Crippen molar-refractivity contribution in [3.8, 4) is 5.75 Å². The molecule has 0 spiro atoms. The molecule has 0 fully saturated rings. The first-order chi connectivity index (χ1) is 11.7. The first-order valence-corrected chi connectivity index (χ1v) is 9.34. The third kappa shape index (κ3) is 3.43. The van der Waals surface area contributed by atoms with Crippen LogP contribution in [0.25, 0.3) is 11.0 Å². The van der Waals surface area contributed by atoms with Crippen LogP contribution in [-0.4, -0.2) is 31.2 Å². The van der Waals surface area contributed by atoms with Gasteiger partial charge >= 0.3 is 5.63 Å². The highest BCUT2D eigenvalue weighted by atomic mass is 32.2. The van der Waals surface area contributed by atoms with Crippen LogP contribution in [0.15, 0.2) is 32.8 Å². The Bertz CT molecular complexity index is 1060. The van der Waals surface area contributed by atoms with Crippen molar-refractivity contribution in [1.82, 2.24) is 5.32 Å². The second kappa shape index (κ2) is 6.03. The maximum absolute atomic E-state index is 12.2. The van der Waals surface area contributed by atoms with Gasteiger partial charge in [-0.2, -0.15) is 0 Å². The SMILES string of the molecule is Cc1cc(O)c2c(C)c(CC(=O)NC3C=CS(=O)(=O)C3)c(=O)oc2c1. The number of phenols is 1. The molecule has 1 aliphatic heterocycles. The lowest BCUT2D eigenvalue weighted by Gasteiger charge is -2.12. The summed E-state index contributed by atoms with van der Waals surface area (Å²) in [6.07, 6.45) is 1.14. The second-order valence-corrected chi connectivity index (χ2v) is 8.09. The second-order valence-electron chi connectivity index (χ2n) is 6.16. The van der Waals surface area contributed by atoms with E-state index in [1.807, 2.05) is 0 Å². The number of fused-ring (bicyclic) bond motifs is 1. The number of carbonyl (C=O) groups excluding carboxylic acids is 1. The molecule has 1 unspecified atom stereocenters. The topological polar surface area (TPSA) is 114 Å². The van der Waals surface area contributed by atoms with Gasteiger partial charge in [0.2, 0.25) is 5.91 Å². The van der Waals surface area contributed by atoms with E-state index >= 15 is 0 Å². The normalized spacial score (nSPS) is 18.6.